The Morgan fingerprint density at radius 3 is 2.60 bits per heavy atom. The maximum absolute atomic E-state index is 12.6. The quantitative estimate of drug-likeness (QED) is 0.757. The van der Waals surface area contributed by atoms with Crippen LogP contribution in [-0.4, -0.2) is 15.9 Å². The summed E-state index contributed by atoms with van der Waals surface area (Å²) in [6.45, 7) is 0. The van der Waals surface area contributed by atoms with Gasteiger partial charge in [0, 0.05) is 17.9 Å². The monoisotopic (exact) mass is 351 g/mol. The minimum atomic E-state index is -0.258. The second-order valence-electron chi connectivity index (χ2n) is 6.41. The molecule has 0 aliphatic heterocycles. The molecule has 0 amide bonds. The van der Waals surface area contributed by atoms with E-state index in [9.17, 15) is 14.7 Å². The van der Waals surface area contributed by atoms with E-state index in [4.69, 9.17) is 0 Å². The molecule has 25 heavy (non-hydrogen) atoms. The number of hydrogen-bond donors (Lipinski definition) is 2. The minimum Gasteiger partial charge on any atom is -0.494 e. The second-order valence-corrected chi connectivity index (χ2v) is 7.48. The van der Waals surface area contributed by atoms with Gasteiger partial charge in [-0.2, -0.15) is 0 Å². The number of rotatable bonds is 4. The number of carbonyl (C=O) groups is 1. The predicted octanol–water partition coefficient (Wildman–Crippen LogP) is 3.33. The molecule has 0 saturated carbocycles. The van der Waals surface area contributed by atoms with Crippen LogP contribution < -0.4 is 4.87 Å². The van der Waals surface area contributed by atoms with Crippen LogP contribution in [0, 0.1) is 5.92 Å². The number of Topliss-reactive ketones (excluding diaryl/α,β-unsaturated/α-hetero) is 1. The van der Waals surface area contributed by atoms with Crippen molar-refractivity contribution in [1.29, 1.82) is 0 Å². The first-order valence-electron chi connectivity index (χ1n) is 8.21. The largest absolute Gasteiger partial charge is 0.494 e. The highest BCUT2D eigenvalue weighted by Gasteiger charge is 2.30. The summed E-state index contributed by atoms with van der Waals surface area (Å²) in [5.41, 5.74) is 4.04. The first kappa shape index (κ1) is 15.8. The summed E-state index contributed by atoms with van der Waals surface area (Å²) >= 11 is 1.02. The molecule has 4 rings (SSSR count). The number of hydrogen-bond acceptors (Lipinski definition) is 4. The number of aromatic amines is 1. The van der Waals surface area contributed by atoms with Gasteiger partial charge in [0.1, 0.15) is 0 Å². The van der Waals surface area contributed by atoms with E-state index in [0.29, 0.717) is 11.3 Å². The Morgan fingerprint density at radius 1 is 1.08 bits per heavy atom. The third-order valence-electron chi connectivity index (χ3n) is 4.66. The number of thiazole rings is 1. The SMILES string of the molecule is O=C1c2ccc(Cc3sc(=O)[nH]c3O)cc2CC1Cc1ccccc1. The lowest BCUT2D eigenvalue weighted by Crippen LogP contribution is -2.12. The van der Waals surface area contributed by atoms with Crippen LogP contribution in [0.25, 0.3) is 0 Å². The van der Waals surface area contributed by atoms with Crippen molar-refractivity contribution in [2.24, 2.45) is 5.92 Å². The van der Waals surface area contributed by atoms with Gasteiger partial charge in [0.2, 0.25) is 5.88 Å². The molecule has 1 aliphatic carbocycles. The van der Waals surface area contributed by atoms with E-state index in [2.05, 4.69) is 17.1 Å². The van der Waals surface area contributed by atoms with E-state index in [1.165, 1.54) is 5.56 Å². The van der Waals surface area contributed by atoms with Crippen LogP contribution in [0.15, 0.2) is 53.3 Å². The zero-order valence-corrected chi connectivity index (χ0v) is 14.3. The zero-order chi connectivity index (χ0) is 17.4. The van der Waals surface area contributed by atoms with Gasteiger partial charge in [0.25, 0.3) is 0 Å². The minimum absolute atomic E-state index is 0.00984. The summed E-state index contributed by atoms with van der Waals surface area (Å²) in [7, 11) is 0. The molecule has 0 saturated heterocycles. The Labute approximate surface area is 148 Å². The van der Waals surface area contributed by atoms with E-state index in [1.807, 2.05) is 36.4 Å². The fourth-order valence-corrected chi connectivity index (χ4v) is 4.22. The van der Waals surface area contributed by atoms with E-state index in [-0.39, 0.29) is 22.5 Å². The summed E-state index contributed by atoms with van der Waals surface area (Å²) in [5.74, 6) is 0.137. The van der Waals surface area contributed by atoms with Crippen molar-refractivity contribution < 1.29 is 9.90 Å². The van der Waals surface area contributed by atoms with Crippen molar-refractivity contribution in [2.75, 3.05) is 0 Å². The molecule has 2 aromatic carbocycles. The molecular weight excluding hydrogens is 334 g/mol. The molecule has 1 aromatic heterocycles. The van der Waals surface area contributed by atoms with Crippen LogP contribution >= 0.6 is 11.3 Å². The van der Waals surface area contributed by atoms with Crippen LogP contribution in [0.2, 0.25) is 0 Å². The number of aromatic nitrogens is 1. The van der Waals surface area contributed by atoms with Crippen LogP contribution in [0.3, 0.4) is 0 Å². The van der Waals surface area contributed by atoms with Gasteiger partial charge in [-0.25, -0.2) is 0 Å². The van der Waals surface area contributed by atoms with Gasteiger partial charge in [-0.1, -0.05) is 59.9 Å². The lowest BCUT2D eigenvalue weighted by atomic mass is 9.96. The Balaban J connectivity index is 1.55. The first-order valence-corrected chi connectivity index (χ1v) is 9.02. The average molecular weight is 351 g/mol. The number of benzene rings is 2. The van der Waals surface area contributed by atoms with E-state index >= 15 is 0 Å². The van der Waals surface area contributed by atoms with Crippen LogP contribution in [0.5, 0.6) is 5.88 Å². The fraction of sp³-hybridized carbons (Fsp3) is 0.200. The molecule has 0 fully saturated rings. The van der Waals surface area contributed by atoms with Gasteiger partial charge in [-0.05, 0) is 29.5 Å². The number of nitrogens with one attached hydrogen (secondary N) is 1. The van der Waals surface area contributed by atoms with E-state index < -0.39 is 0 Å². The number of aromatic hydroxyl groups is 1. The van der Waals surface area contributed by atoms with Gasteiger partial charge < -0.3 is 5.11 Å². The normalized spacial score (nSPS) is 16.2. The number of carbonyl (C=O) groups excluding carboxylic acids is 1. The lowest BCUT2D eigenvalue weighted by Gasteiger charge is -2.07. The molecule has 0 bridgehead atoms. The standard InChI is InChI=1S/C20H17NO3S/c22-18-15(8-12-4-2-1-3-5-12)11-14-9-13(6-7-16(14)18)10-17-19(23)21-20(24)25-17/h1-7,9,15,23H,8,10-11H2,(H,21,24). The molecule has 5 heteroatoms. The topological polar surface area (TPSA) is 70.2 Å². The van der Waals surface area contributed by atoms with Gasteiger partial charge >= 0.3 is 4.87 Å². The number of fused-ring (bicyclic) bond motifs is 1. The summed E-state index contributed by atoms with van der Waals surface area (Å²) < 4.78 is 0. The first-order chi connectivity index (χ1) is 12.1. The molecule has 1 aliphatic rings. The van der Waals surface area contributed by atoms with Crippen molar-refractivity contribution in [3.8, 4) is 5.88 Å². The highest BCUT2D eigenvalue weighted by Crippen LogP contribution is 2.31. The van der Waals surface area contributed by atoms with Crippen molar-refractivity contribution in [2.45, 2.75) is 19.3 Å². The summed E-state index contributed by atoms with van der Waals surface area (Å²) in [5, 5.41) is 9.74. The van der Waals surface area contributed by atoms with E-state index in [0.717, 1.165) is 40.9 Å². The van der Waals surface area contributed by atoms with E-state index in [1.54, 1.807) is 0 Å². The van der Waals surface area contributed by atoms with Crippen LogP contribution in [-0.2, 0) is 19.3 Å². The third-order valence-corrected chi connectivity index (χ3v) is 5.53. The summed E-state index contributed by atoms with van der Waals surface area (Å²) in [4.78, 5) is 26.7. The van der Waals surface area contributed by atoms with Crippen LogP contribution in [0.4, 0.5) is 0 Å². The molecule has 4 nitrogen and oxygen atoms in total. The van der Waals surface area contributed by atoms with Crippen molar-refractivity contribution >= 4 is 17.1 Å². The Hall–Kier alpha value is -2.66. The van der Waals surface area contributed by atoms with Gasteiger partial charge in [-0.15, -0.1) is 0 Å². The second kappa shape index (κ2) is 6.33. The maximum atomic E-state index is 12.6. The molecule has 126 valence electrons. The lowest BCUT2D eigenvalue weighted by molar-refractivity contribution is 0.0936. The van der Waals surface area contributed by atoms with Crippen molar-refractivity contribution in [3.63, 3.8) is 0 Å². The highest BCUT2D eigenvalue weighted by molar-refractivity contribution is 7.09. The molecule has 1 atom stereocenters. The van der Waals surface area contributed by atoms with Gasteiger partial charge in [0.15, 0.2) is 5.78 Å². The average Bonchev–Trinajstić information content (AvgIpc) is 3.07. The fourth-order valence-electron chi connectivity index (χ4n) is 3.47. The molecule has 2 N–H and O–H groups in total. The van der Waals surface area contributed by atoms with Crippen molar-refractivity contribution in [3.05, 3.63) is 85.3 Å². The Bertz CT molecular complexity index is 988. The number of ketones is 1. The van der Waals surface area contributed by atoms with Gasteiger partial charge in [-0.3, -0.25) is 14.6 Å². The molecule has 0 radical (unpaired) electrons. The molecule has 1 unspecified atom stereocenters. The Morgan fingerprint density at radius 2 is 1.88 bits per heavy atom. The smallest absolute Gasteiger partial charge is 0.307 e. The number of H-pyrrole nitrogens is 1. The Kier molecular flexibility index (Phi) is 4.01. The highest BCUT2D eigenvalue weighted by atomic mass is 32.1. The maximum Gasteiger partial charge on any atom is 0.307 e. The predicted molar refractivity (Wildman–Crippen MR) is 97.5 cm³/mol. The zero-order valence-electron chi connectivity index (χ0n) is 13.5. The summed E-state index contributed by atoms with van der Waals surface area (Å²) in [6.07, 6.45) is 1.98. The molecule has 3 aromatic rings. The molecular formula is C20H17NO3S. The van der Waals surface area contributed by atoms with Gasteiger partial charge in [0.05, 0.1) is 4.88 Å². The third kappa shape index (κ3) is 3.15. The van der Waals surface area contributed by atoms with Crippen molar-refractivity contribution in [1.82, 2.24) is 4.98 Å². The summed E-state index contributed by atoms with van der Waals surface area (Å²) in [6, 6.07) is 15.9. The molecule has 0 spiro atoms. The van der Waals surface area contributed by atoms with Crippen LogP contribution in [0.1, 0.15) is 31.9 Å². The molecule has 1 heterocycles.